The van der Waals surface area contributed by atoms with Crippen LogP contribution in [0.2, 0.25) is 0 Å². The van der Waals surface area contributed by atoms with Gasteiger partial charge >= 0.3 is 11.7 Å². The number of aromatic amines is 1. The Labute approximate surface area is 118 Å². The van der Waals surface area contributed by atoms with Crippen molar-refractivity contribution in [1.82, 2.24) is 9.55 Å². The number of nitrogens with zero attached hydrogens (tertiary/aromatic N) is 1. The first kappa shape index (κ1) is 14.5. The molecule has 0 bridgehead atoms. The van der Waals surface area contributed by atoms with Crippen LogP contribution >= 0.6 is 11.3 Å². The molecule has 0 amide bonds. The van der Waals surface area contributed by atoms with Gasteiger partial charge in [0.25, 0.3) is 5.56 Å². The van der Waals surface area contributed by atoms with Gasteiger partial charge in [-0.05, 0) is 25.8 Å². The summed E-state index contributed by atoms with van der Waals surface area (Å²) in [6, 6.07) is 1.72. The first-order valence-electron chi connectivity index (χ1n) is 6.19. The van der Waals surface area contributed by atoms with Crippen LogP contribution in [-0.4, -0.2) is 20.6 Å². The Balaban J connectivity index is 2.86. The van der Waals surface area contributed by atoms with E-state index >= 15 is 0 Å². The summed E-state index contributed by atoms with van der Waals surface area (Å²) < 4.78 is 0.758. The maximum atomic E-state index is 12.4. The number of aromatic nitrogens is 2. The Morgan fingerprint density at radius 1 is 1.40 bits per heavy atom. The largest absolute Gasteiger partial charge is 0.480 e. The smallest absolute Gasteiger partial charge is 0.330 e. The lowest BCUT2D eigenvalue weighted by Gasteiger charge is -2.20. The molecule has 0 fully saturated rings. The van der Waals surface area contributed by atoms with Crippen molar-refractivity contribution in [2.24, 2.45) is 0 Å². The Morgan fingerprint density at radius 2 is 2.00 bits per heavy atom. The number of carbonyl (C=O) groups is 1. The summed E-state index contributed by atoms with van der Waals surface area (Å²) in [5.74, 6) is -1.00. The first-order valence-corrected chi connectivity index (χ1v) is 7.00. The molecule has 2 heterocycles. The van der Waals surface area contributed by atoms with Crippen LogP contribution in [0.15, 0.2) is 15.7 Å². The molecule has 108 valence electrons. The van der Waals surface area contributed by atoms with E-state index in [0.29, 0.717) is 10.2 Å². The number of nitrogens with one attached hydrogen (secondary N) is 1. The maximum Gasteiger partial charge on any atom is 0.330 e. The van der Waals surface area contributed by atoms with Gasteiger partial charge in [0, 0.05) is 4.88 Å². The van der Waals surface area contributed by atoms with Crippen molar-refractivity contribution in [2.75, 3.05) is 0 Å². The van der Waals surface area contributed by atoms with E-state index < -0.39 is 22.8 Å². The molecular weight excluding hydrogens is 280 g/mol. The van der Waals surface area contributed by atoms with Gasteiger partial charge in [-0.3, -0.25) is 9.78 Å². The van der Waals surface area contributed by atoms with Gasteiger partial charge in [-0.25, -0.2) is 14.2 Å². The zero-order valence-electron chi connectivity index (χ0n) is 11.7. The second kappa shape index (κ2) is 4.59. The van der Waals surface area contributed by atoms with Crippen LogP contribution in [0.5, 0.6) is 0 Å². The van der Waals surface area contributed by atoms with E-state index in [4.69, 9.17) is 0 Å². The number of carboxylic acid groups (broad SMARTS) is 1. The Morgan fingerprint density at radius 3 is 2.50 bits per heavy atom. The first-order chi connectivity index (χ1) is 9.16. The summed E-state index contributed by atoms with van der Waals surface area (Å²) in [7, 11) is 0. The molecule has 0 radical (unpaired) electrons. The second-order valence-corrected chi connectivity index (χ2v) is 6.56. The molecule has 0 saturated carbocycles. The van der Waals surface area contributed by atoms with E-state index in [2.05, 4.69) is 4.98 Å². The lowest BCUT2D eigenvalue weighted by molar-refractivity contribution is -0.146. The number of hydrogen-bond acceptors (Lipinski definition) is 4. The fourth-order valence-electron chi connectivity index (χ4n) is 1.92. The minimum atomic E-state index is -1.60. The maximum absolute atomic E-state index is 12.4. The SMILES string of the molecule is CC(C)c1cc2c(=O)n(C(C)(C)C(=O)O)c(=O)[nH]c2s1. The highest BCUT2D eigenvalue weighted by Crippen LogP contribution is 2.27. The van der Waals surface area contributed by atoms with Crippen LogP contribution in [0.3, 0.4) is 0 Å². The van der Waals surface area contributed by atoms with Gasteiger partial charge in [0.1, 0.15) is 10.4 Å². The zero-order chi connectivity index (χ0) is 15.2. The highest BCUT2D eigenvalue weighted by Gasteiger charge is 2.33. The van der Waals surface area contributed by atoms with Crippen LogP contribution in [0, 0.1) is 0 Å². The fourth-order valence-corrected chi connectivity index (χ4v) is 2.96. The normalized spacial score (nSPS) is 12.2. The van der Waals surface area contributed by atoms with Crippen molar-refractivity contribution in [3.05, 3.63) is 31.8 Å². The Kier molecular flexibility index (Phi) is 3.33. The minimum Gasteiger partial charge on any atom is -0.480 e. The van der Waals surface area contributed by atoms with Gasteiger partial charge in [-0.15, -0.1) is 11.3 Å². The molecule has 7 heteroatoms. The topological polar surface area (TPSA) is 92.2 Å². The molecule has 0 spiro atoms. The summed E-state index contributed by atoms with van der Waals surface area (Å²) in [5.41, 5.74) is -2.87. The summed E-state index contributed by atoms with van der Waals surface area (Å²) in [4.78, 5) is 39.8. The number of carboxylic acids is 1. The van der Waals surface area contributed by atoms with Gasteiger partial charge in [-0.2, -0.15) is 0 Å². The summed E-state index contributed by atoms with van der Waals surface area (Å²) >= 11 is 1.35. The Bertz CT molecular complexity index is 795. The predicted molar refractivity (Wildman–Crippen MR) is 77.8 cm³/mol. The molecule has 2 N–H and O–H groups in total. The zero-order valence-corrected chi connectivity index (χ0v) is 12.5. The number of hydrogen-bond donors (Lipinski definition) is 2. The average Bonchev–Trinajstić information content (AvgIpc) is 2.72. The monoisotopic (exact) mass is 296 g/mol. The van der Waals surface area contributed by atoms with Gasteiger partial charge in [0.05, 0.1) is 5.39 Å². The van der Waals surface area contributed by atoms with E-state index in [1.54, 1.807) is 6.07 Å². The van der Waals surface area contributed by atoms with Gasteiger partial charge in [0.2, 0.25) is 0 Å². The van der Waals surface area contributed by atoms with E-state index in [1.807, 2.05) is 13.8 Å². The number of fused-ring (bicyclic) bond motifs is 1. The quantitative estimate of drug-likeness (QED) is 0.901. The molecule has 0 unspecified atom stereocenters. The van der Waals surface area contributed by atoms with Crippen molar-refractivity contribution >= 4 is 27.5 Å². The van der Waals surface area contributed by atoms with Crippen molar-refractivity contribution in [3.8, 4) is 0 Å². The molecule has 6 nitrogen and oxygen atoms in total. The average molecular weight is 296 g/mol. The molecule has 2 aromatic rings. The van der Waals surface area contributed by atoms with Crippen molar-refractivity contribution in [3.63, 3.8) is 0 Å². The third-order valence-corrected chi connectivity index (χ3v) is 4.61. The van der Waals surface area contributed by atoms with E-state index in [1.165, 1.54) is 25.2 Å². The van der Waals surface area contributed by atoms with E-state index in [9.17, 15) is 19.5 Å². The van der Waals surface area contributed by atoms with Crippen LogP contribution < -0.4 is 11.2 Å². The number of rotatable bonds is 3. The van der Waals surface area contributed by atoms with Crippen molar-refractivity contribution in [2.45, 2.75) is 39.2 Å². The Hall–Kier alpha value is -1.89. The predicted octanol–water partition coefficient (Wildman–Crippen LogP) is 1.69. The summed E-state index contributed by atoms with van der Waals surface area (Å²) in [5, 5.41) is 9.55. The van der Waals surface area contributed by atoms with Crippen LogP contribution in [0.4, 0.5) is 0 Å². The minimum absolute atomic E-state index is 0.233. The molecule has 0 atom stereocenters. The van der Waals surface area contributed by atoms with Gasteiger partial charge in [0.15, 0.2) is 0 Å². The molecular formula is C13H16N2O4S. The molecule has 0 aromatic carbocycles. The van der Waals surface area contributed by atoms with E-state index in [0.717, 1.165) is 9.44 Å². The van der Waals surface area contributed by atoms with E-state index in [-0.39, 0.29) is 5.92 Å². The summed E-state index contributed by atoms with van der Waals surface area (Å²) in [6.07, 6.45) is 0. The number of H-pyrrole nitrogens is 1. The molecule has 0 saturated heterocycles. The molecule has 20 heavy (non-hydrogen) atoms. The third-order valence-electron chi connectivity index (χ3n) is 3.26. The highest BCUT2D eigenvalue weighted by molar-refractivity contribution is 7.18. The number of aliphatic carboxylic acids is 1. The van der Waals surface area contributed by atoms with Crippen LogP contribution in [0.1, 0.15) is 38.5 Å². The van der Waals surface area contributed by atoms with Crippen LogP contribution in [-0.2, 0) is 10.3 Å². The molecule has 2 aromatic heterocycles. The molecule has 0 aliphatic carbocycles. The standard InChI is InChI=1S/C13H16N2O4S/c1-6(2)8-5-7-9(20-8)14-12(19)15(10(7)16)13(3,4)11(17)18/h5-6H,1-4H3,(H,14,19)(H,17,18). The number of thiophene rings is 1. The lowest BCUT2D eigenvalue weighted by atomic mass is 10.1. The van der Waals surface area contributed by atoms with Crippen LogP contribution in [0.25, 0.3) is 10.2 Å². The summed E-state index contributed by atoms with van der Waals surface area (Å²) in [6.45, 7) is 6.63. The third kappa shape index (κ3) is 2.07. The molecule has 0 aliphatic heterocycles. The molecule has 2 rings (SSSR count). The highest BCUT2D eigenvalue weighted by atomic mass is 32.1. The van der Waals surface area contributed by atoms with Gasteiger partial charge < -0.3 is 5.11 Å². The second-order valence-electron chi connectivity index (χ2n) is 5.48. The fraction of sp³-hybridized carbons (Fsp3) is 0.462. The van der Waals surface area contributed by atoms with Crippen molar-refractivity contribution in [1.29, 1.82) is 0 Å². The van der Waals surface area contributed by atoms with Crippen molar-refractivity contribution < 1.29 is 9.90 Å². The lowest BCUT2D eigenvalue weighted by Crippen LogP contribution is -2.50. The van der Waals surface area contributed by atoms with Gasteiger partial charge in [-0.1, -0.05) is 13.8 Å². The molecule has 0 aliphatic rings.